The lowest BCUT2D eigenvalue weighted by molar-refractivity contribution is -0.116. The van der Waals surface area contributed by atoms with Crippen molar-refractivity contribution >= 4 is 27.5 Å². The zero-order valence-corrected chi connectivity index (χ0v) is 16.9. The second-order valence-electron chi connectivity index (χ2n) is 7.21. The summed E-state index contributed by atoms with van der Waals surface area (Å²) in [5.41, 5.74) is 3.29. The lowest BCUT2D eigenvalue weighted by Crippen LogP contribution is -2.13. The van der Waals surface area contributed by atoms with Crippen LogP contribution in [0.1, 0.15) is 44.7 Å². The van der Waals surface area contributed by atoms with Gasteiger partial charge in [0.25, 0.3) is 0 Å². The SMILES string of the molecule is Cc1ccccc1NC(=O)CCCOc1ccc(C(C)(C)C)cc1Br. The molecule has 0 fully saturated rings. The summed E-state index contributed by atoms with van der Waals surface area (Å²) in [6.45, 7) is 9.04. The highest BCUT2D eigenvalue weighted by molar-refractivity contribution is 9.10. The second-order valence-corrected chi connectivity index (χ2v) is 8.06. The first-order chi connectivity index (χ1) is 11.8. The summed E-state index contributed by atoms with van der Waals surface area (Å²) in [6.07, 6.45) is 1.11. The highest BCUT2D eigenvalue weighted by atomic mass is 79.9. The number of halogens is 1. The maximum atomic E-state index is 12.0. The van der Waals surface area contributed by atoms with E-state index >= 15 is 0 Å². The van der Waals surface area contributed by atoms with E-state index in [9.17, 15) is 4.79 Å². The van der Waals surface area contributed by atoms with Crippen LogP contribution in [-0.4, -0.2) is 12.5 Å². The fourth-order valence-electron chi connectivity index (χ4n) is 2.43. The third-order valence-corrected chi connectivity index (χ3v) is 4.64. The number of anilines is 1. The van der Waals surface area contributed by atoms with Crippen LogP contribution in [0.5, 0.6) is 5.75 Å². The molecule has 0 saturated heterocycles. The molecule has 0 aliphatic heterocycles. The Morgan fingerprint density at radius 1 is 1.16 bits per heavy atom. The lowest BCUT2D eigenvalue weighted by Gasteiger charge is -2.20. The van der Waals surface area contributed by atoms with Crippen molar-refractivity contribution in [1.29, 1.82) is 0 Å². The Morgan fingerprint density at radius 3 is 2.52 bits per heavy atom. The summed E-state index contributed by atoms with van der Waals surface area (Å²) in [7, 11) is 0. The molecule has 0 aliphatic carbocycles. The van der Waals surface area contributed by atoms with Crippen LogP contribution in [0.2, 0.25) is 0 Å². The molecule has 134 valence electrons. The number of para-hydroxylation sites is 1. The number of aryl methyl sites for hydroxylation is 1. The molecular weight excluding hydrogens is 378 g/mol. The predicted octanol–water partition coefficient (Wildman–Crippen LogP) is 5.85. The van der Waals surface area contributed by atoms with Crippen LogP contribution < -0.4 is 10.1 Å². The molecule has 1 amide bonds. The van der Waals surface area contributed by atoms with Gasteiger partial charge in [-0.05, 0) is 64.0 Å². The molecule has 0 aromatic heterocycles. The Hall–Kier alpha value is -1.81. The molecular formula is C21H26BrNO2. The van der Waals surface area contributed by atoms with Crippen LogP contribution in [0.15, 0.2) is 46.9 Å². The van der Waals surface area contributed by atoms with Gasteiger partial charge in [-0.1, -0.05) is 45.0 Å². The van der Waals surface area contributed by atoms with E-state index in [-0.39, 0.29) is 11.3 Å². The quantitative estimate of drug-likeness (QED) is 0.613. The van der Waals surface area contributed by atoms with Crippen molar-refractivity contribution in [1.82, 2.24) is 0 Å². The molecule has 0 saturated carbocycles. The average molecular weight is 404 g/mol. The number of carbonyl (C=O) groups is 1. The largest absolute Gasteiger partial charge is 0.492 e. The highest BCUT2D eigenvalue weighted by Crippen LogP contribution is 2.31. The van der Waals surface area contributed by atoms with E-state index in [1.54, 1.807) is 0 Å². The van der Waals surface area contributed by atoms with Gasteiger partial charge in [-0.15, -0.1) is 0 Å². The number of nitrogens with one attached hydrogen (secondary N) is 1. The van der Waals surface area contributed by atoms with E-state index in [4.69, 9.17) is 4.74 Å². The molecule has 2 aromatic rings. The third kappa shape index (κ3) is 5.89. The monoisotopic (exact) mass is 403 g/mol. The van der Waals surface area contributed by atoms with Crippen molar-refractivity contribution in [3.05, 3.63) is 58.1 Å². The van der Waals surface area contributed by atoms with Crippen LogP contribution in [0.4, 0.5) is 5.69 Å². The average Bonchev–Trinajstić information content (AvgIpc) is 2.54. The first kappa shape index (κ1) is 19.5. The second kappa shape index (κ2) is 8.52. The zero-order chi connectivity index (χ0) is 18.4. The number of hydrogen-bond donors (Lipinski definition) is 1. The van der Waals surface area contributed by atoms with E-state index in [2.05, 4.69) is 54.2 Å². The minimum Gasteiger partial charge on any atom is -0.492 e. The van der Waals surface area contributed by atoms with Crippen molar-refractivity contribution in [3.63, 3.8) is 0 Å². The molecule has 2 rings (SSSR count). The van der Waals surface area contributed by atoms with Gasteiger partial charge in [0.1, 0.15) is 5.75 Å². The summed E-state index contributed by atoms with van der Waals surface area (Å²) in [4.78, 5) is 12.0. The zero-order valence-electron chi connectivity index (χ0n) is 15.4. The highest BCUT2D eigenvalue weighted by Gasteiger charge is 2.15. The number of carbonyl (C=O) groups excluding carboxylic acids is 1. The molecule has 1 N–H and O–H groups in total. The van der Waals surface area contributed by atoms with E-state index in [0.29, 0.717) is 19.4 Å². The Labute approximate surface area is 158 Å². The minimum absolute atomic E-state index is 0.0139. The summed E-state index contributed by atoms with van der Waals surface area (Å²) < 4.78 is 6.75. The lowest BCUT2D eigenvalue weighted by atomic mass is 9.87. The topological polar surface area (TPSA) is 38.3 Å². The van der Waals surface area contributed by atoms with Crippen molar-refractivity contribution in [2.45, 2.75) is 46.0 Å². The van der Waals surface area contributed by atoms with E-state index in [0.717, 1.165) is 21.5 Å². The molecule has 2 aromatic carbocycles. The maximum Gasteiger partial charge on any atom is 0.224 e. The van der Waals surface area contributed by atoms with Crippen molar-refractivity contribution in [3.8, 4) is 5.75 Å². The number of ether oxygens (including phenoxy) is 1. The van der Waals surface area contributed by atoms with E-state index < -0.39 is 0 Å². The molecule has 0 heterocycles. The van der Waals surface area contributed by atoms with Crippen LogP contribution in [0.25, 0.3) is 0 Å². The Balaban J connectivity index is 1.79. The summed E-state index contributed by atoms with van der Waals surface area (Å²) in [6, 6.07) is 13.9. The van der Waals surface area contributed by atoms with Crippen LogP contribution in [0, 0.1) is 6.92 Å². The Bertz CT molecular complexity index is 735. The summed E-state index contributed by atoms with van der Waals surface area (Å²) >= 11 is 3.57. The third-order valence-electron chi connectivity index (χ3n) is 4.02. The Morgan fingerprint density at radius 2 is 1.88 bits per heavy atom. The van der Waals surface area contributed by atoms with Crippen LogP contribution >= 0.6 is 15.9 Å². The molecule has 0 aliphatic rings. The fraction of sp³-hybridized carbons (Fsp3) is 0.381. The molecule has 0 radical (unpaired) electrons. The molecule has 0 atom stereocenters. The van der Waals surface area contributed by atoms with Gasteiger partial charge in [0.2, 0.25) is 5.91 Å². The normalized spacial score (nSPS) is 11.2. The Kier molecular flexibility index (Phi) is 6.65. The number of amides is 1. The molecule has 0 unspecified atom stereocenters. The van der Waals surface area contributed by atoms with Crippen molar-refractivity contribution < 1.29 is 9.53 Å². The number of rotatable bonds is 6. The van der Waals surface area contributed by atoms with Gasteiger partial charge in [0.15, 0.2) is 0 Å². The van der Waals surface area contributed by atoms with Gasteiger partial charge in [-0.25, -0.2) is 0 Å². The number of hydrogen-bond acceptors (Lipinski definition) is 2. The van der Waals surface area contributed by atoms with Gasteiger partial charge < -0.3 is 10.1 Å². The molecule has 4 heteroatoms. The van der Waals surface area contributed by atoms with Crippen LogP contribution in [0.3, 0.4) is 0 Å². The van der Waals surface area contributed by atoms with Crippen LogP contribution in [-0.2, 0) is 10.2 Å². The van der Waals surface area contributed by atoms with Crippen molar-refractivity contribution in [2.24, 2.45) is 0 Å². The molecule has 0 bridgehead atoms. The van der Waals surface area contributed by atoms with Crippen molar-refractivity contribution in [2.75, 3.05) is 11.9 Å². The molecule has 0 spiro atoms. The van der Waals surface area contributed by atoms with Gasteiger partial charge >= 0.3 is 0 Å². The van der Waals surface area contributed by atoms with Gasteiger partial charge in [-0.2, -0.15) is 0 Å². The molecule has 25 heavy (non-hydrogen) atoms. The summed E-state index contributed by atoms with van der Waals surface area (Å²) in [5, 5.41) is 2.94. The van der Waals surface area contributed by atoms with E-state index in [1.807, 2.05) is 37.3 Å². The molecule has 3 nitrogen and oxygen atoms in total. The first-order valence-corrected chi connectivity index (χ1v) is 9.35. The standard InChI is InChI=1S/C21H26BrNO2/c1-15-8-5-6-9-18(15)23-20(24)10-7-13-25-19-12-11-16(14-17(19)22)21(2,3)4/h5-6,8-9,11-12,14H,7,10,13H2,1-4H3,(H,23,24). The number of benzene rings is 2. The minimum atomic E-state index is 0.0139. The maximum absolute atomic E-state index is 12.0. The first-order valence-electron chi connectivity index (χ1n) is 8.55. The predicted molar refractivity (Wildman–Crippen MR) is 107 cm³/mol. The smallest absolute Gasteiger partial charge is 0.224 e. The van der Waals surface area contributed by atoms with Gasteiger partial charge in [0.05, 0.1) is 11.1 Å². The van der Waals surface area contributed by atoms with E-state index in [1.165, 1.54) is 5.56 Å². The summed E-state index contributed by atoms with van der Waals surface area (Å²) in [5.74, 6) is 0.826. The van der Waals surface area contributed by atoms with Gasteiger partial charge in [0, 0.05) is 12.1 Å². The fourth-order valence-corrected chi connectivity index (χ4v) is 2.92. The van der Waals surface area contributed by atoms with Gasteiger partial charge in [-0.3, -0.25) is 4.79 Å².